The predicted octanol–water partition coefficient (Wildman–Crippen LogP) is 2.61. The maximum absolute atomic E-state index is 12.5. The van der Waals surface area contributed by atoms with Crippen LogP contribution in [0.25, 0.3) is 0 Å². The van der Waals surface area contributed by atoms with Crippen LogP contribution in [0.3, 0.4) is 0 Å². The topological polar surface area (TPSA) is 0 Å². The predicted molar refractivity (Wildman–Crippen MR) is 32.5 cm³/mol. The molecule has 0 aliphatic heterocycles. The minimum Gasteiger partial charge on any atom is -0.247 e. The van der Waals surface area contributed by atoms with Gasteiger partial charge in [-0.3, -0.25) is 0 Å². The lowest BCUT2D eigenvalue weighted by atomic mass is 9.94. The quantitative estimate of drug-likeness (QED) is 0.475. The van der Waals surface area contributed by atoms with Crippen molar-refractivity contribution in [2.24, 2.45) is 5.92 Å². The van der Waals surface area contributed by atoms with Gasteiger partial charge >= 0.3 is 0 Å². The fraction of sp³-hybridized carbons (Fsp3) is 0.714. The molecule has 1 aliphatic rings. The second kappa shape index (κ2) is 2.46. The summed E-state index contributed by atoms with van der Waals surface area (Å²) >= 11 is 0. The Bertz CT molecular complexity index is 129. The van der Waals surface area contributed by atoms with E-state index >= 15 is 0 Å². The third-order valence-corrected chi connectivity index (χ3v) is 1.72. The SMILES string of the molecule is C[C@H]1CC=C(F)C[C@H]1F. The van der Waals surface area contributed by atoms with Gasteiger partial charge < -0.3 is 0 Å². The molecule has 0 aromatic rings. The van der Waals surface area contributed by atoms with E-state index in [0.29, 0.717) is 6.42 Å². The zero-order chi connectivity index (χ0) is 6.85. The van der Waals surface area contributed by atoms with E-state index in [1.165, 1.54) is 6.08 Å². The molecule has 1 aliphatic carbocycles. The number of hydrogen-bond acceptors (Lipinski definition) is 0. The average molecular weight is 132 g/mol. The molecule has 0 amide bonds. The molecule has 0 spiro atoms. The molecule has 0 saturated heterocycles. The lowest BCUT2D eigenvalue weighted by molar-refractivity contribution is 0.216. The Kier molecular flexibility index (Phi) is 1.84. The largest absolute Gasteiger partial charge is 0.247 e. The van der Waals surface area contributed by atoms with Gasteiger partial charge in [-0.1, -0.05) is 13.0 Å². The molecule has 1 rings (SSSR count). The summed E-state index contributed by atoms with van der Waals surface area (Å²) in [6.45, 7) is 1.80. The van der Waals surface area contributed by atoms with Crippen molar-refractivity contribution in [3.8, 4) is 0 Å². The number of allylic oxidation sites excluding steroid dienone is 2. The molecule has 0 bridgehead atoms. The first-order valence-corrected chi connectivity index (χ1v) is 3.18. The summed E-state index contributed by atoms with van der Waals surface area (Å²) in [5.41, 5.74) is 0. The molecule has 0 saturated carbocycles. The lowest BCUT2D eigenvalue weighted by Gasteiger charge is -2.18. The summed E-state index contributed by atoms with van der Waals surface area (Å²) in [5.74, 6) is -0.287. The summed E-state index contributed by atoms with van der Waals surface area (Å²) in [6, 6.07) is 0. The molecule has 0 radical (unpaired) electrons. The van der Waals surface area contributed by atoms with Gasteiger partial charge in [0.25, 0.3) is 0 Å². The van der Waals surface area contributed by atoms with Crippen molar-refractivity contribution >= 4 is 0 Å². The van der Waals surface area contributed by atoms with Crippen molar-refractivity contribution in [2.45, 2.75) is 25.9 Å². The van der Waals surface area contributed by atoms with Crippen LogP contribution in [0.15, 0.2) is 11.9 Å². The van der Waals surface area contributed by atoms with Crippen molar-refractivity contribution < 1.29 is 8.78 Å². The molecule has 0 nitrogen and oxygen atoms in total. The van der Waals surface area contributed by atoms with Crippen LogP contribution in [0.4, 0.5) is 8.78 Å². The molecule has 52 valence electrons. The van der Waals surface area contributed by atoms with Crippen LogP contribution < -0.4 is 0 Å². The minimum atomic E-state index is -0.963. The van der Waals surface area contributed by atoms with Crippen LogP contribution in [0, 0.1) is 5.92 Å². The van der Waals surface area contributed by atoms with E-state index in [0.717, 1.165) is 0 Å². The van der Waals surface area contributed by atoms with Crippen molar-refractivity contribution in [3.05, 3.63) is 11.9 Å². The van der Waals surface area contributed by atoms with E-state index in [1.54, 1.807) is 6.92 Å². The Morgan fingerprint density at radius 3 is 2.78 bits per heavy atom. The molecule has 2 heteroatoms. The monoisotopic (exact) mass is 132 g/mol. The van der Waals surface area contributed by atoms with E-state index in [2.05, 4.69) is 0 Å². The van der Waals surface area contributed by atoms with Gasteiger partial charge in [-0.05, 0) is 12.3 Å². The molecule has 0 fully saturated rings. The summed E-state index contributed by atoms with van der Waals surface area (Å²) in [6.07, 6.45) is 1.05. The molecule has 0 N–H and O–H groups in total. The zero-order valence-corrected chi connectivity index (χ0v) is 5.40. The number of rotatable bonds is 0. The third-order valence-electron chi connectivity index (χ3n) is 1.72. The standard InChI is InChI=1S/C7H10F2/c1-5-2-3-6(8)4-7(5)9/h3,5,7H,2,4H2,1H3/t5-,7+/m0/s1. The minimum absolute atomic E-state index is 0.00417. The van der Waals surface area contributed by atoms with E-state index in [-0.39, 0.29) is 18.2 Å². The van der Waals surface area contributed by atoms with Crippen LogP contribution in [-0.4, -0.2) is 6.17 Å². The maximum atomic E-state index is 12.5. The van der Waals surface area contributed by atoms with E-state index in [1.807, 2.05) is 0 Å². The highest BCUT2D eigenvalue weighted by Gasteiger charge is 2.21. The van der Waals surface area contributed by atoms with Gasteiger partial charge in [0.2, 0.25) is 0 Å². The Morgan fingerprint density at radius 2 is 2.33 bits per heavy atom. The van der Waals surface area contributed by atoms with E-state index in [4.69, 9.17) is 0 Å². The van der Waals surface area contributed by atoms with Crippen LogP contribution >= 0.6 is 0 Å². The van der Waals surface area contributed by atoms with Gasteiger partial charge in [0.15, 0.2) is 0 Å². The Hall–Kier alpha value is -0.400. The number of hydrogen-bond donors (Lipinski definition) is 0. The highest BCUT2D eigenvalue weighted by atomic mass is 19.1. The molecule has 0 aromatic heterocycles. The van der Waals surface area contributed by atoms with Crippen molar-refractivity contribution in [3.63, 3.8) is 0 Å². The van der Waals surface area contributed by atoms with Gasteiger partial charge in [-0.15, -0.1) is 0 Å². The van der Waals surface area contributed by atoms with Crippen LogP contribution in [0.2, 0.25) is 0 Å². The normalized spacial score (nSPS) is 36.1. The van der Waals surface area contributed by atoms with Crippen molar-refractivity contribution in [1.82, 2.24) is 0 Å². The summed E-state index contributed by atoms with van der Waals surface area (Å²) in [7, 11) is 0. The second-order valence-electron chi connectivity index (χ2n) is 2.58. The molecule has 0 heterocycles. The van der Waals surface area contributed by atoms with Crippen LogP contribution in [-0.2, 0) is 0 Å². The second-order valence-corrected chi connectivity index (χ2v) is 2.58. The molecule has 0 aromatic carbocycles. The molecule has 9 heavy (non-hydrogen) atoms. The highest BCUT2D eigenvalue weighted by molar-refractivity contribution is 5.00. The Morgan fingerprint density at radius 1 is 1.67 bits per heavy atom. The molecular weight excluding hydrogens is 122 g/mol. The zero-order valence-electron chi connectivity index (χ0n) is 5.40. The number of halogens is 2. The fourth-order valence-corrected chi connectivity index (χ4v) is 0.932. The highest BCUT2D eigenvalue weighted by Crippen LogP contribution is 2.26. The molecule has 0 unspecified atom stereocenters. The average Bonchev–Trinajstić information content (AvgIpc) is 1.80. The van der Waals surface area contributed by atoms with Gasteiger partial charge in [-0.2, -0.15) is 0 Å². The Labute approximate surface area is 53.6 Å². The van der Waals surface area contributed by atoms with Crippen LogP contribution in [0.1, 0.15) is 19.8 Å². The Balaban J connectivity index is 2.54. The van der Waals surface area contributed by atoms with Crippen LogP contribution in [0.5, 0.6) is 0 Å². The summed E-state index contributed by atoms with van der Waals surface area (Å²) < 4.78 is 24.8. The van der Waals surface area contributed by atoms with Gasteiger partial charge in [-0.25, -0.2) is 8.78 Å². The van der Waals surface area contributed by atoms with E-state index in [9.17, 15) is 8.78 Å². The molecular formula is C7H10F2. The smallest absolute Gasteiger partial charge is 0.109 e. The van der Waals surface area contributed by atoms with Gasteiger partial charge in [0.1, 0.15) is 6.17 Å². The summed E-state index contributed by atoms with van der Waals surface area (Å²) in [4.78, 5) is 0. The summed E-state index contributed by atoms with van der Waals surface area (Å²) in [5, 5.41) is 0. The van der Waals surface area contributed by atoms with E-state index < -0.39 is 6.17 Å². The van der Waals surface area contributed by atoms with Gasteiger partial charge in [0.05, 0.1) is 5.83 Å². The molecule has 2 atom stereocenters. The maximum Gasteiger partial charge on any atom is 0.109 e. The number of alkyl halides is 1. The lowest BCUT2D eigenvalue weighted by Crippen LogP contribution is -2.15. The first-order chi connectivity index (χ1) is 4.20. The van der Waals surface area contributed by atoms with Gasteiger partial charge in [0, 0.05) is 6.42 Å². The first kappa shape index (κ1) is 6.72. The van der Waals surface area contributed by atoms with Crippen molar-refractivity contribution in [2.75, 3.05) is 0 Å². The van der Waals surface area contributed by atoms with Crippen molar-refractivity contribution in [1.29, 1.82) is 0 Å². The first-order valence-electron chi connectivity index (χ1n) is 3.18. The third kappa shape index (κ3) is 1.50. The fourth-order valence-electron chi connectivity index (χ4n) is 0.932.